The van der Waals surface area contributed by atoms with Crippen molar-refractivity contribution in [3.05, 3.63) is 17.0 Å². The first-order chi connectivity index (χ1) is 7.24. The van der Waals surface area contributed by atoms with Gasteiger partial charge in [-0.15, -0.1) is 0 Å². The van der Waals surface area contributed by atoms with Crippen molar-refractivity contribution in [2.24, 2.45) is 0 Å². The molecule has 1 aliphatic rings. The van der Waals surface area contributed by atoms with Crippen LogP contribution in [-0.4, -0.2) is 16.2 Å². The van der Waals surface area contributed by atoms with Crippen molar-refractivity contribution in [3.63, 3.8) is 0 Å². The van der Waals surface area contributed by atoms with E-state index in [4.69, 9.17) is 9.63 Å². The summed E-state index contributed by atoms with van der Waals surface area (Å²) in [7, 11) is 0. The number of aliphatic carboxylic acids is 1. The lowest BCUT2D eigenvalue weighted by Gasteiger charge is -2.12. The minimum absolute atomic E-state index is 0.528. The van der Waals surface area contributed by atoms with Gasteiger partial charge in [0.15, 0.2) is 5.76 Å². The van der Waals surface area contributed by atoms with E-state index < -0.39 is 11.9 Å². The number of aromatic nitrogens is 1. The lowest BCUT2D eigenvalue weighted by atomic mass is 9.91. The van der Waals surface area contributed by atoms with Crippen LogP contribution in [0.25, 0.3) is 0 Å². The molecule has 0 aromatic carbocycles. The molecule has 2 rings (SSSR count). The predicted octanol–water partition coefficient (Wildman–Crippen LogP) is 2.13. The van der Waals surface area contributed by atoms with Gasteiger partial charge in [0, 0.05) is 5.56 Å². The van der Waals surface area contributed by atoms with E-state index in [0.29, 0.717) is 12.2 Å². The standard InChI is InChI=1S/C11H15NO3/c1-2-7(11(13)14)10-8-5-3-4-6-9(8)12-15-10/h7H,2-6H2,1H3,(H,13,14). The lowest BCUT2D eigenvalue weighted by molar-refractivity contribution is -0.139. The second-order valence-electron chi connectivity index (χ2n) is 3.98. The fraction of sp³-hybridized carbons (Fsp3) is 0.636. The molecule has 0 bridgehead atoms. The molecule has 15 heavy (non-hydrogen) atoms. The second kappa shape index (κ2) is 4.04. The highest BCUT2D eigenvalue weighted by atomic mass is 16.5. The molecule has 1 atom stereocenters. The van der Waals surface area contributed by atoms with E-state index in [1.807, 2.05) is 6.92 Å². The molecule has 0 saturated carbocycles. The number of hydrogen-bond acceptors (Lipinski definition) is 3. The van der Waals surface area contributed by atoms with Crippen molar-refractivity contribution in [2.75, 3.05) is 0 Å². The van der Waals surface area contributed by atoms with Crippen molar-refractivity contribution < 1.29 is 14.4 Å². The molecule has 1 aliphatic carbocycles. The van der Waals surface area contributed by atoms with Crippen LogP contribution in [0.3, 0.4) is 0 Å². The number of fused-ring (bicyclic) bond motifs is 1. The Kier molecular flexibility index (Phi) is 2.75. The van der Waals surface area contributed by atoms with Crippen LogP contribution in [0.4, 0.5) is 0 Å². The third kappa shape index (κ3) is 1.76. The van der Waals surface area contributed by atoms with Gasteiger partial charge in [0.1, 0.15) is 5.92 Å². The topological polar surface area (TPSA) is 63.3 Å². The van der Waals surface area contributed by atoms with Crippen LogP contribution in [0, 0.1) is 0 Å². The molecule has 0 amide bonds. The molecular weight excluding hydrogens is 194 g/mol. The summed E-state index contributed by atoms with van der Waals surface area (Å²) in [5, 5.41) is 13.0. The first kappa shape index (κ1) is 10.2. The molecule has 0 radical (unpaired) electrons. The fourth-order valence-electron chi connectivity index (χ4n) is 2.16. The summed E-state index contributed by atoms with van der Waals surface area (Å²) < 4.78 is 5.20. The summed E-state index contributed by atoms with van der Waals surface area (Å²) in [6.07, 6.45) is 4.63. The second-order valence-corrected chi connectivity index (χ2v) is 3.98. The minimum atomic E-state index is -0.818. The van der Waals surface area contributed by atoms with Crippen molar-refractivity contribution in [2.45, 2.75) is 44.9 Å². The van der Waals surface area contributed by atoms with Crippen LogP contribution in [0.15, 0.2) is 4.52 Å². The van der Waals surface area contributed by atoms with E-state index in [-0.39, 0.29) is 0 Å². The molecule has 1 N–H and O–H groups in total. The number of carboxylic acid groups (broad SMARTS) is 1. The van der Waals surface area contributed by atoms with Gasteiger partial charge in [-0.3, -0.25) is 4.79 Å². The van der Waals surface area contributed by atoms with Crippen molar-refractivity contribution in [3.8, 4) is 0 Å². The summed E-state index contributed by atoms with van der Waals surface area (Å²) in [6.45, 7) is 1.86. The van der Waals surface area contributed by atoms with Gasteiger partial charge in [0.25, 0.3) is 0 Å². The van der Waals surface area contributed by atoms with E-state index >= 15 is 0 Å². The van der Waals surface area contributed by atoms with E-state index in [2.05, 4.69) is 5.16 Å². The number of hydrogen-bond donors (Lipinski definition) is 1. The average Bonchev–Trinajstić information content (AvgIpc) is 2.63. The Balaban J connectivity index is 2.35. The first-order valence-electron chi connectivity index (χ1n) is 5.44. The fourth-order valence-corrected chi connectivity index (χ4v) is 2.16. The third-order valence-corrected chi connectivity index (χ3v) is 3.01. The molecule has 82 valence electrons. The molecular formula is C11H15NO3. The first-order valence-corrected chi connectivity index (χ1v) is 5.44. The molecule has 1 aromatic heterocycles. The van der Waals surface area contributed by atoms with E-state index in [0.717, 1.165) is 36.9 Å². The van der Waals surface area contributed by atoms with Crippen LogP contribution in [0.2, 0.25) is 0 Å². The Labute approximate surface area is 88.3 Å². The average molecular weight is 209 g/mol. The molecule has 0 saturated heterocycles. The van der Waals surface area contributed by atoms with E-state index in [9.17, 15) is 4.79 Å². The van der Waals surface area contributed by atoms with Gasteiger partial charge >= 0.3 is 5.97 Å². The smallest absolute Gasteiger partial charge is 0.314 e. The molecule has 0 spiro atoms. The molecule has 1 unspecified atom stereocenters. The van der Waals surface area contributed by atoms with E-state index in [1.54, 1.807) is 0 Å². The summed E-state index contributed by atoms with van der Waals surface area (Å²) >= 11 is 0. The van der Waals surface area contributed by atoms with Gasteiger partial charge < -0.3 is 9.63 Å². The van der Waals surface area contributed by atoms with Gasteiger partial charge in [-0.25, -0.2) is 0 Å². The normalized spacial score (nSPS) is 17.1. The summed E-state index contributed by atoms with van der Waals surface area (Å²) in [5.74, 6) is -0.763. The lowest BCUT2D eigenvalue weighted by Crippen LogP contribution is -2.13. The highest BCUT2D eigenvalue weighted by Crippen LogP contribution is 2.30. The molecule has 4 nitrogen and oxygen atoms in total. The number of aryl methyl sites for hydroxylation is 1. The Morgan fingerprint density at radius 3 is 2.93 bits per heavy atom. The minimum Gasteiger partial charge on any atom is -0.481 e. The van der Waals surface area contributed by atoms with Gasteiger partial charge in [-0.1, -0.05) is 12.1 Å². The number of rotatable bonds is 3. The maximum Gasteiger partial charge on any atom is 0.314 e. The Morgan fingerprint density at radius 2 is 2.27 bits per heavy atom. The van der Waals surface area contributed by atoms with Gasteiger partial charge in [0.2, 0.25) is 0 Å². The van der Waals surface area contributed by atoms with Crippen LogP contribution in [-0.2, 0) is 17.6 Å². The van der Waals surface area contributed by atoms with Crippen LogP contribution in [0.5, 0.6) is 0 Å². The number of carbonyl (C=O) groups is 1. The molecule has 1 heterocycles. The molecule has 0 fully saturated rings. The van der Waals surface area contributed by atoms with Crippen LogP contribution >= 0.6 is 0 Å². The Morgan fingerprint density at radius 1 is 1.53 bits per heavy atom. The molecule has 0 aliphatic heterocycles. The largest absolute Gasteiger partial charge is 0.481 e. The van der Waals surface area contributed by atoms with Crippen molar-refractivity contribution in [1.29, 1.82) is 0 Å². The monoisotopic (exact) mass is 209 g/mol. The Hall–Kier alpha value is -1.32. The third-order valence-electron chi connectivity index (χ3n) is 3.01. The van der Waals surface area contributed by atoms with Crippen molar-refractivity contribution in [1.82, 2.24) is 5.16 Å². The highest BCUT2D eigenvalue weighted by Gasteiger charge is 2.28. The summed E-state index contributed by atoms with van der Waals surface area (Å²) in [5.41, 5.74) is 2.02. The van der Waals surface area contributed by atoms with Gasteiger partial charge in [-0.2, -0.15) is 0 Å². The number of carboxylic acids is 1. The zero-order chi connectivity index (χ0) is 10.8. The zero-order valence-corrected chi connectivity index (χ0v) is 8.82. The highest BCUT2D eigenvalue weighted by molar-refractivity contribution is 5.75. The summed E-state index contributed by atoms with van der Waals surface area (Å²) in [6, 6.07) is 0. The molecule has 1 aromatic rings. The Bertz CT molecular complexity index is 370. The SMILES string of the molecule is CCC(C(=O)O)c1onc2c1CCCC2. The molecule has 4 heteroatoms. The summed E-state index contributed by atoms with van der Waals surface area (Å²) in [4.78, 5) is 11.0. The van der Waals surface area contributed by atoms with Crippen LogP contribution < -0.4 is 0 Å². The quantitative estimate of drug-likeness (QED) is 0.828. The van der Waals surface area contributed by atoms with E-state index in [1.165, 1.54) is 0 Å². The van der Waals surface area contributed by atoms with Gasteiger partial charge in [-0.05, 0) is 32.1 Å². The van der Waals surface area contributed by atoms with Crippen molar-refractivity contribution >= 4 is 5.97 Å². The number of nitrogens with zero attached hydrogens (tertiary/aromatic N) is 1. The predicted molar refractivity (Wildman–Crippen MR) is 53.8 cm³/mol. The maximum atomic E-state index is 11.0. The van der Waals surface area contributed by atoms with Crippen LogP contribution in [0.1, 0.15) is 49.1 Å². The maximum absolute atomic E-state index is 11.0. The zero-order valence-electron chi connectivity index (χ0n) is 8.82. The van der Waals surface area contributed by atoms with Gasteiger partial charge in [0.05, 0.1) is 5.69 Å².